The van der Waals surface area contributed by atoms with Crippen LogP contribution in [0.4, 0.5) is 5.82 Å². The lowest BCUT2D eigenvalue weighted by Crippen LogP contribution is -2.22. The van der Waals surface area contributed by atoms with Crippen LogP contribution >= 0.6 is 0 Å². The smallest absolute Gasteiger partial charge is 0.267 e. The van der Waals surface area contributed by atoms with Gasteiger partial charge in [0.05, 0.1) is 12.3 Å². The van der Waals surface area contributed by atoms with E-state index in [0.29, 0.717) is 11.7 Å². The Balaban J connectivity index is 1.64. The minimum atomic E-state index is -0.533. The quantitative estimate of drug-likeness (QED) is 0.751. The van der Waals surface area contributed by atoms with Crippen LogP contribution in [0.15, 0.2) is 12.1 Å². The fraction of sp³-hybridized carbons (Fsp3) is 0.550. The Hall–Kier alpha value is -2.41. The topological polar surface area (TPSA) is 106 Å². The number of hydrogen-bond acceptors (Lipinski definition) is 5. The number of H-pyrrole nitrogens is 1. The van der Waals surface area contributed by atoms with Crippen LogP contribution in [-0.2, 0) is 17.6 Å². The molecule has 2 aliphatic rings. The number of carbonyl (C=O) groups is 1. The molecule has 0 saturated carbocycles. The van der Waals surface area contributed by atoms with Gasteiger partial charge in [-0.05, 0) is 43.2 Å². The van der Waals surface area contributed by atoms with Gasteiger partial charge in [0.15, 0.2) is 0 Å². The molecule has 27 heavy (non-hydrogen) atoms. The fourth-order valence-electron chi connectivity index (χ4n) is 3.96. The highest BCUT2D eigenvalue weighted by Gasteiger charge is 2.29. The molecule has 1 aliphatic carbocycles. The number of hydrogen-bond donors (Lipinski definition) is 3. The van der Waals surface area contributed by atoms with Gasteiger partial charge >= 0.3 is 0 Å². The second-order valence-corrected chi connectivity index (χ2v) is 8.47. The largest absolute Gasteiger partial charge is 0.381 e. The summed E-state index contributed by atoms with van der Waals surface area (Å²) < 4.78 is 5.42. The first-order chi connectivity index (χ1) is 12.9. The number of aromatic amines is 1. The molecular formula is C20H27N5O2. The molecule has 3 heterocycles. The molecule has 1 atom stereocenters. The molecular weight excluding hydrogens is 342 g/mol. The summed E-state index contributed by atoms with van der Waals surface area (Å²) in [6.45, 7) is 6.90. The van der Waals surface area contributed by atoms with Crippen molar-refractivity contribution in [3.63, 3.8) is 0 Å². The van der Waals surface area contributed by atoms with E-state index in [-0.39, 0.29) is 11.1 Å². The molecule has 0 bridgehead atoms. The van der Waals surface area contributed by atoms with Crippen molar-refractivity contribution in [3.8, 4) is 11.3 Å². The number of primary amides is 1. The Labute approximate surface area is 159 Å². The number of amides is 1. The number of nitrogens with zero attached hydrogens (tertiary/aromatic N) is 2. The van der Waals surface area contributed by atoms with Crippen molar-refractivity contribution in [2.75, 3.05) is 25.1 Å². The van der Waals surface area contributed by atoms with Crippen molar-refractivity contribution >= 4 is 11.7 Å². The Morgan fingerprint density at radius 1 is 1.44 bits per heavy atom. The van der Waals surface area contributed by atoms with E-state index < -0.39 is 5.91 Å². The third kappa shape index (κ3) is 3.83. The van der Waals surface area contributed by atoms with Crippen LogP contribution in [0.25, 0.3) is 11.3 Å². The summed E-state index contributed by atoms with van der Waals surface area (Å²) in [6, 6.07) is 3.70. The molecule has 144 valence electrons. The molecule has 2 aromatic heterocycles. The molecule has 4 rings (SSSR count). The van der Waals surface area contributed by atoms with Gasteiger partial charge in [0.1, 0.15) is 11.5 Å². The normalized spacial score (nSPS) is 21.0. The van der Waals surface area contributed by atoms with Crippen molar-refractivity contribution in [2.24, 2.45) is 17.1 Å². The molecule has 1 amide bonds. The number of rotatable bonds is 5. The Morgan fingerprint density at radius 2 is 2.30 bits per heavy atom. The zero-order valence-electron chi connectivity index (χ0n) is 16.0. The van der Waals surface area contributed by atoms with Crippen LogP contribution in [0.1, 0.15) is 48.4 Å². The van der Waals surface area contributed by atoms with Crippen LogP contribution in [0, 0.1) is 11.3 Å². The average Bonchev–Trinajstić information content (AvgIpc) is 3.28. The molecule has 1 saturated heterocycles. The van der Waals surface area contributed by atoms with Gasteiger partial charge in [0.25, 0.3) is 5.91 Å². The highest BCUT2D eigenvalue weighted by Crippen LogP contribution is 2.38. The Bertz CT molecular complexity index is 852. The van der Waals surface area contributed by atoms with E-state index in [2.05, 4.69) is 34.3 Å². The van der Waals surface area contributed by atoms with E-state index >= 15 is 0 Å². The average molecular weight is 369 g/mol. The van der Waals surface area contributed by atoms with Crippen LogP contribution in [0.5, 0.6) is 0 Å². The molecule has 7 nitrogen and oxygen atoms in total. The first kappa shape index (κ1) is 18.0. The maximum atomic E-state index is 11.8. The first-order valence-electron chi connectivity index (χ1n) is 9.61. The Morgan fingerprint density at radius 3 is 3.04 bits per heavy atom. The maximum Gasteiger partial charge on any atom is 0.267 e. The van der Waals surface area contributed by atoms with Gasteiger partial charge in [-0.2, -0.15) is 5.10 Å². The molecule has 0 aromatic carbocycles. The maximum absolute atomic E-state index is 11.8. The highest BCUT2D eigenvalue weighted by atomic mass is 16.5. The first-order valence-corrected chi connectivity index (χ1v) is 9.61. The lowest BCUT2D eigenvalue weighted by molar-refractivity contribution is 0.0995. The van der Waals surface area contributed by atoms with Crippen molar-refractivity contribution in [3.05, 3.63) is 29.1 Å². The number of fused-ring (bicyclic) bond motifs is 1. The highest BCUT2D eigenvalue weighted by molar-refractivity contribution is 5.92. The second-order valence-electron chi connectivity index (χ2n) is 8.47. The summed E-state index contributed by atoms with van der Waals surface area (Å²) >= 11 is 0. The Kier molecular flexibility index (Phi) is 4.63. The van der Waals surface area contributed by atoms with Gasteiger partial charge in [-0.15, -0.1) is 0 Å². The number of anilines is 1. The molecule has 2 aromatic rings. The minimum absolute atomic E-state index is 0.255. The minimum Gasteiger partial charge on any atom is -0.381 e. The zero-order valence-corrected chi connectivity index (χ0v) is 16.0. The molecule has 1 unspecified atom stereocenters. The van der Waals surface area contributed by atoms with Gasteiger partial charge in [-0.3, -0.25) is 9.89 Å². The van der Waals surface area contributed by atoms with E-state index in [9.17, 15) is 4.79 Å². The number of carbonyl (C=O) groups excluding carboxylic acids is 1. The molecule has 7 heteroatoms. The van der Waals surface area contributed by atoms with E-state index in [0.717, 1.165) is 56.7 Å². The predicted octanol–water partition coefficient (Wildman–Crippen LogP) is 2.53. The summed E-state index contributed by atoms with van der Waals surface area (Å²) in [4.78, 5) is 16.2. The van der Waals surface area contributed by atoms with Crippen molar-refractivity contribution < 1.29 is 9.53 Å². The summed E-state index contributed by atoms with van der Waals surface area (Å²) in [5.41, 5.74) is 10.3. The van der Waals surface area contributed by atoms with E-state index in [1.807, 2.05) is 6.07 Å². The van der Waals surface area contributed by atoms with Gasteiger partial charge in [-0.25, -0.2) is 4.98 Å². The molecule has 1 fully saturated rings. The van der Waals surface area contributed by atoms with Crippen molar-refractivity contribution in [1.29, 1.82) is 0 Å². The van der Waals surface area contributed by atoms with E-state index in [1.54, 1.807) is 6.07 Å². The fourth-order valence-corrected chi connectivity index (χ4v) is 3.96. The number of nitrogens with one attached hydrogen (secondary N) is 2. The van der Waals surface area contributed by atoms with Crippen LogP contribution < -0.4 is 11.1 Å². The van der Waals surface area contributed by atoms with Crippen molar-refractivity contribution in [1.82, 2.24) is 15.2 Å². The second kappa shape index (κ2) is 6.96. The molecule has 4 N–H and O–H groups in total. The molecule has 1 aliphatic heterocycles. The SMILES string of the molecule is CC1(C)CCc2c(-c3cc(NCC4CCOC4)nc(C(N)=O)c3)n[nH]c2C1. The van der Waals surface area contributed by atoms with Gasteiger partial charge in [-0.1, -0.05) is 13.8 Å². The van der Waals surface area contributed by atoms with Gasteiger partial charge < -0.3 is 15.8 Å². The third-order valence-corrected chi connectivity index (χ3v) is 5.61. The summed E-state index contributed by atoms with van der Waals surface area (Å²) in [5, 5.41) is 11.1. The van der Waals surface area contributed by atoms with Crippen LogP contribution in [0.2, 0.25) is 0 Å². The lowest BCUT2D eigenvalue weighted by atomic mass is 9.76. The van der Waals surface area contributed by atoms with E-state index in [1.165, 1.54) is 11.3 Å². The molecule has 0 radical (unpaired) electrons. The zero-order chi connectivity index (χ0) is 19.0. The number of aromatic nitrogens is 3. The predicted molar refractivity (Wildman–Crippen MR) is 104 cm³/mol. The molecule has 0 spiro atoms. The number of nitrogens with two attached hydrogens (primary N) is 1. The van der Waals surface area contributed by atoms with Crippen LogP contribution in [0.3, 0.4) is 0 Å². The summed E-state index contributed by atoms with van der Waals surface area (Å²) in [7, 11) is 0. The standard InChI is InChI=1S/C20H27N5O2/c1-20(2)5-3-14-16(9-20)24-25-18(14)13-7-15(19(21)26)23-17(8-13)22-10-12-4-6-27-11-12/h7-8,12H,3-6,9-11H2,1-2H3,(H2,21,26)(H,22,23)(H,24,25). The van der Waals surface area contributed by atoms with E-state index in [4.69, 9.17) is 10.5 Å². The lowest BCUT2D eigenvalue weighted by Gasteiger charge is -2.29. The van der Waals surface area contributed by atoms with Crippen molar-refractivity contribution in [2.45, 2.75) is 39.5 Å². The number of pyridine rings is 1. The summed E-state index contributed by atoms with van der Waals surface area (Å²) in [5.74, 6) is 0.587. The monoisotopic (exact) mass is 369 g/mol. The number of ether oxygens (including phenoxy) is 1. The third-order valence-electron chi connectivity index (χ3n) is 5.61. The van der Waals surface area contributed by atoms with Gasteiger partial charge in [0.2, 0.25) is 0 Å². The van der Waals surface area contributed by atoms with Crippen LogP contribution in [-0.4, -0.2) is 40.8 Å². The summed E-state index contributed by atoms with van der Waals surface area (Å²) in [6.07, 6.45) is 4.12. The van der Waals surface area contributed by atoms with Gasteiger partial charge in [0, 0.05) is 35.9 Å².